The zero-order chi connectivity index (χ0) is 21.3. The minimum Gasteiger partial charge on any atom is -0.442 e. The van der Waals surface area contributed by atoms with Crippen LogP contribution >= 0.6 is 0 Å². The summed E-state index contributed by atoms with van der Waals surface area (Å²) in [6.07, 6.45) is 2.64. The van der Waals surface area contributed by atoms with E-state index in [4.69, 9.17) is 4.74 Å². The number of cyclic esters (lactones) is 1. The standard InChI is InChI=1S/C20H23N7O3/c1-20(2,3)23-18(28)22-11-15-12-27(19(29)30-15)14-7-5-13(6-8-14)16-24-25-17-21-9-4-10-26(16)17/h4-10,15H,11-12H2,1-3H3,(H2,22,23,28)/t15-/m0/s1. The molecule has 3 aromatic rings. The van der Waals surface area contributed by atoms with Crippen molar-refractivity contribution >= 4 is 23.6 Å². The Labute approximate surface area is 173 Å². The number of anilines is 1. The lowest BCUT2D eigenvalue weighted by molar-refractivity contribution is 0.140. The fraction of sp³-hybridized carbons (Fsp3) is 0.350. The van der Waals surface area contributed by atoms with Crippen molar-refractivity contribution in [3.05, 3.63) is 42.7 Å². The van der Waals surface area contributed by atoms with E-state index in [1.165, 1.54) is 0 Å². The Hall–Kier alpha value is -3.69. The highest BCUT2D eigenvalue weighted by Crippen LogP contribution is 2.25. The molecular formula is C20H23N7O3. The molecule has 1 aliphatic rings. The molecule has 0 aliphatic carbocycles. The molecule has 30 heavy (non-hydrogen) atoms. The number of nitrogens with zero attached hydrogens (tertiary/aromatic N) is 5. The largest absolute Gasteiger partial charge is 0.442 e. The average Bonchev–Trinajstić information content (AvgIpc) is 3.29. The van der Waals surface area contributed by atoms with Crippen LogP contribution in [0, 0.1) is 0 Å². The number of rotatable bonds is 4. The molecule has 10 nitrogen and oxygen atoms in total. The molecule has 2 N–H and O–H groups in total. The third-order valence-electron chi connectivity index (χ3n) is 4.48. The monoisotopic (exact) mass is 409 g/mol. The Balaban J connectivity index is 1.41. The van der Waals surface area contributed by atoms with Gasteiger partial charge in [0.1, 0.15) is 6.10 Å². The topological polar surface area (TPSA) is 114 Å². The molecule has 1 fully saturated rings. The van der Waals surface area contributed by atoms with Gasteiger partial charge >= 0.3 is 12.1 Å². The molecule has 1 aliphatic heterocycles. The number of amides is 3. The lowest BCUT2D eigenvalue weighted by atomic mass is 10.1. The summed E-state index contributed by atoms with van der Waals surface area (Å²) >= 11 is 0. The smallest absolute Gasteiger partial charge is 0.414 e. The van der Waals surface area contributed by atoms with E-state index in [1.807, 2.05) is 57.3 Å². The van der Waals surface area contributed by atoms with E-state index in [1.54, 1.807) is 15.5 Å². The second kappa shape index (κ2) is 7.62. The maximum atomic E-state index is 12.3. The van der Waals surface area contributed by atoms with Crippen molar-refractivity contribution in [1.82, 2.24) is 30.2 Å². The summed E-state index contributed by atoms with van der Waals surface area (Å²) in [7, 11) is 0. The van der Waals surface area contributed by atoms with Crippen molar-refractivity contribution in [3.63, 3.8) is 0 Å². The third kappa shape index (κ3) is 4.17. The highest BCUT2D eigenvalue weighted by Gasteiger charge is 2.32. The van der Waals surface area contributed by atoms with E-state index >= 15 is 0 Å². The SMILES string of the molecule is CC(C)(C)NC(=O)NC[C@H]1CN(c2ccc(-c3nnc4ncccn34)cc2)C(=O)O1. The van der Waals surface area contributed by atoms with Gasteiger partial charge in [0, 0.05) is 29.2 Å². The first-order valence-electron chi connectivity index (χ1n) is 9.60. The quantitative estimate of drug-likeness (QED) is 0.683. The summed E-state index contributed by atoms with van der Waals surface area (Å²) in [6, 6.07) is 8.91. The van der Waals surface area contributed by atoms with Crippen LogP contribution in [-0.4, -0.2) is 56.4 Å². The van der Waals surface area contributed by atoms with Gasteiger partial charge in [-0.2, -0.15) is 0 Å². The number of ether oxygens (including phenoxy) is 1. The molecular weight excluding hydrogens is 386 g/mol. The van der Waals surface area contributed by atoms with Crippen LogP contribution in [-0.2, 0) is 4.74 Å². The lowest BCUT2D eigenvalue weighted by Gasteiger charge is -2.21. The van der Waals surface area contributed by atoms with Crippen LogP contribution < -0.4 is 15.5 Å². The number of hydrogen-bond acceptors (Lipinski definition) is 6. The lowest BCUT2D eigenvalue weighted by Crippen LogP contribution is -2.48. The number of benzene rings is 1. The Morgan fingerprint density at radius 2 is 2.00 bits per heavy atom. The molecule has 0 spiro atoms. The van der Waals surface area contributed by atoms with Crippen molar-refractivity contribution in [3.8, 4) is 11.4 Å². The Bertz CT molecular complexity index is 1070. The number of hydrogen-bond donors (Lipinski definition) is 2. The molecule has 0 unspecified atom stereocenters. The highest BCUT2D eigenvalue weighted by molar-refractivity contribution is 5.90. The number of carbonyl (C=O) groups is 2. The molecule has 0 saturated carbocycles. The van der Waals surface area contributed by atoms with E-state index in [-0.39, 0.29) is 18.1 Å². The van der Waals surface area contributed by atoms with Gasteiger partial charge in [0.05, 0.1) is 13.1 Å². The van der Waals surface area contributed by atoms with Gasteiger partial charge in [0.15, 0.2) is 5.82 Å². The molecule has 1 aromatic carbocycles. The molecule has 10 heteroatoms. The molecule has 3 heterocycles. The zero-order valence-corrected chi connectivity index (χ0v) is 17.0. The van der Waals surface area contributed by atoms with E-state index in [2.05, 4.69) is 25.8 Å². The molecule has 0 radical (unpaired) electrons. The number of aromatic nitrogens is 4. The van der Waals surface area contributed by atoms with Gasteiger partial charge in [-0.1, -0.05) is 0 Å². The van der Waals surface area contributed by atoms with E-state index < -0.39 is 12.2 Å². The van der Waals surface area contributed by atoms with Crippen LogP contribution in [0.2, 0.25) is 0 Å². The summed E-state index contributed by atoms with van der Waals surface area (Å²) in [6.45, 7) is 6.28. The molecule has 0 bridgehead atoms. The molecule has 3 amide bonds. The second-order valence-electron chi connectivity index (χ2n) is 8.06. The average molecular weight is 409 g/mol. The first kappa shape index (κ1) is 19.6. The first-order chi connectivity index (χ1) is 14.3. The van der Waals surface area contributed by atoms with Crippen LogP contribution in [0.1, 0.15) is 20.8 Å². The van der Waals surface area contributed by atoms with Gasteiger partial charge in [-0.15, -0.1) is 10.2 Å². The molecule has 1 saturated heterocycles. The van der Waals surface area contributed by atoms with E-state index in [0.717, 1.165) is 5.56 Å². The van der Waals surface area contributed by atoms with Crippen molar-refractivity contribution in [1.29, 1.82) is 0 Å². The van der Waals surface area contributed by atoms with E-state index in [9.17, 15) is 9.59 Å². The summed E-state index contributed by atoms with van der Waals surface area (Å²) in [4.78, 5) is 29.9. The number of urea groups is 1. The Morgan fingerprint density at radius 1 is 1.23 bits per heavy atom. The van der Waals surface area contributed by atoms with Gasteiger partial charge in [-0.3, -0.25) is 9.30 Å². The highest BCUT2D eigenvalue weighted by atomic mass is 16.6. The van der Waals surface area contributed by atoms with Crippen LogP contribution in [0.15, 0.2) is 42.7 Å². The van der Waals surface area contributed by atoms with Gasteiger partial charge in [-0.25, -0.2) is 14.6 Å². The summed E-state index contributed by atoms with van der Waals surface area (Å²) in [5.74, 6) is 1.19. The van der Waals surface area contributed by atoms with Crippen LogP contribution in [0.4, 0.5) is 15.3 Å². The third-order valence-corrected chi connectivity index (χ3v) is 4.48. The predicted octanol–water partition coefficient (Wildman–Crippen LogP) is 2.21. The normalized spacial score (nSPS) is 16.6. The number of nitrogens with one attached hydrogen (secondary N) is 2. The summed E-state index contributed by atoms with van der Waals surface area (Å²) in [5, 5.41) is 13.8. The van der Waals surface area contributed by atoms with Crippen molar-refractivity contribution in [2.45, 2.75) is 32.4 Å². The number of carbonyl (C=O) groups excluding carboxylic acids is 2. The summed E-state index contributed by atoms with van der Waals surface area (Å²) in [5.41, 5.74) is 1.22. The van der Waals surface area contributed by atoms with Gasteiger partial charge in [0.2, 0.25) is 0 Å². The molecule has 2 aromatic heterocycles. The first-order valence-corrected chi connectivity index (χ1v) is 9.60. The van der Waals surface area contributed by atoms with Gasteiger partial charge in [0.25, 0.3) is 5.78 Å². The molecule has 156 valence electrons. The van der Waals surface area contributed by atoms with Crippen LogP contribution in [0.5, 0.6) is 0 Å². The maximum Gasteiger partial charge on any atom is 0.414 e. The molecule has 4 rings (SSSR count). The zero-order valence-electron chi connectivity index (χ0n) is 17.0. The Morgan fingerprint density at radius 3 is 2.73 bits per heavy atom. The Kier molecular flexibility index (Phi) is 4.98. The predicted molar refractivity (Wildman–Crippen MR) is 110 cm³/mol. The van der Waals surface area contributed by atoms with Crippen LogP contribution in [0.25, 0.3) is 17.2 Å². The van der Waals surface area contributed by atoms with Crippen molar-refractivity contribution in [2.75, 3.05) is 18.0 Å². The van der Waals surface area contributed by atoms with E-state index in [0.29, 0.717) is 23.8 Å². The fourth-order valence-corrected chi connectivity index (χ4v) is 3.16. The van der Waals surface area contributed by atoms with Crippen LogP contribution in [0.3, 0.4) is 0 Å². The maximum absolute atomic E-state index is 12.3. The van der Waals surface area contributed by atoms with Gasteiger partial charge in [-0.05, 0) is 51.1 Å². The fourth-order valence-electron chi connectivity index (χ4n) is 3.16. The van der Waals surface area contributed by atoms with Crippen molar-refractivity contribution < 1.29 is 14.3 Å². The van der Waals surface area contributed by atoms with Gasteiger partial charge < -0.3 is 15.4 Å². The number of fused-ring (bicyclic) bond motifs is 1. The molecule has 1 atom stereocenters. The minimum absolute atomic E-state index is 0.237. The summed E-state index contributed by atoms with van der Waals surface area (Å²) < 4.78 is 7.17. The second-order valence-corrected chi connectivity index (χ2v) is 8.06. The minimum atomic E-state index is -0.442. The van der Waals surface area contributed by atoms with Crippen molar-refractivity contribution in [2.24, 2.45) is 0 Å².